The first-order valence-electron chi connectivity index (χ1n) is 6.73. The highest BCUT2D eigenvalue weighted by Crippen LogP contribution is 2.11. The summed E-state index contributed by atoms with van der Waals surface area (Å²) in [6.07, 6.45) is -0.647. The van der Waals surface area contributed by atoms with Gasteiger partial charge in [0.25, 0.3) is 0 Å². The number of halogens is 1. The number of rotatable bonds is 8. The fourth-order valence-corrected chi connectivity index (χ4v) is 1.83. The lowest BCUT2D eigenvalue weighted by atomic mass is 10.2. The standard InChI is InChI=1S/C15H21FN2O2/c1-3-18(9-12(2)8-17)10-14(19)11-20-15-6-4-13(16)5-7-15/h4-7,12,14,19H,3,9-11H2,1-2H3. The second kappa shape index (κ2) is 8.51. The Morgan fingerprint density at radius 3 is 2.55 bits per heavy atom. The molecule has 1 aromatic rings. The molecule has 0 aliphatic carbocycles. The van der Waals surface area contributed by atoms with Gasteiger partial charge in [-0.3, -0.25) is 4.90 Å². The molecule has 110 valence electrons. The lowest BCUT2D eigenvalue weighted by molar-refractivity contribution is 0.0675. The molecule has 0 aliphatic heterocycles. The first kappa shape index (κ1) is 16.4. The van der Waals surface area contributed by atoms with Gasteiger partial charge in [0.05, 0.1) is 12.0 Å². The zero-order valence-corrected chi connectivity index (χ0v) is 11.9. The Labute approximate surface area is 119 Å². The maximum Gasteiger partial charge on any atom is 0.123 e. The van der Waals surface area contributed by atoms with Crippen molar-refractivity contribution in [2.24, 2.45) is 5.92 Å². The van der Waals surface area contributed by atoms with Crippen molar-refractivity contribution in [3.05, 3.63) is 30.1 Å². The lowest BCUT2D eigenvalue weighted by Crippen LogP contribution is -2.37. The van der Waals surface area contributed by atoms with Crippen molar-refractivity contribution >= 4 is 0 Å². The number of nitrogens with zero attached hydrogens (tertiary/aromatic N) is 2. The van der Waals surface area contributed by atoms with E-state index in [9.17, 15) is 9.50 Å². The Hall–Kier alpha value is -1.64. The van der Waals surface area contributed by atoms with Crippen molar-refractivity contribution in [1.29, 1.82) is 5.26 Å². The monoisotopic (exact) mass is 280 g/mol. The molecule has 0 aromatic heterocycles. The summed E-state index contributed by atoms with van der Waals surface area (Å²) in [4.78, 5) is 2.01. The number of aliphatic hydroxyl groups is 1. The van der Waals surface area contributed by atoms with Crippen molar-refractivity contribution in [1.82, 2.24) is 4.90 Å². The summed E-state index contributed by atoms with van der Waals surface area (Å²) in [5, 5.41) is 18.7. The second-order valence-electron chi connectivity index (χ2n) is 4.80. The van der Waals surface area contributed by atoms with E-state index in [1.54, 1.807) is 0 Å². The zero-order valence-electron chi connectivity index (χ0n) is 11.9. The van der Waals surface area contributed by atoms with Crippen LogP contribution in [0, 0.1) is 23.1 Å². The van der Waals surface area contributed by atoms with Crippen LogP contribution in [0.3, 0.4) is 0 Å². The number of aliphatic hydroxyl groups excluding tert-OH is 1. The summed E-state index contributed by atoms with van der Waals surface area (Å²) in [6, 6.07) is 7.85. The van der Waals surface area contributed by atoms with Gasteiger partial charge in [0.1, 0.15) is 24.3 Å². The number of benzene rings is 1. The third-order valence-corrected chi connectivity index (χ3v) is 2.92. The van der Waals surface area contributed by atoms with Gasteiger partial charge < -0.3 is 9.84 Å². The zero-order chi connectivity index (χ0) is 15.0. The molecule has 0 aliphatic rings. The molecule has 0 spiro atoms. The minimum atomic E-state index is -0.647. The third kappa shape index (κ3) is 6.00. The van der Waals surface area contributed by atoms with Gasteiger partial charge in [0.2, 0.25) is 0 Å². The number of ether oxygens (including phenoxy) is 1. The Kier molecular flexibility index (Phi) is 6.99. The Morgan fingerprint density at radius 1 is 1.35 bits per heavy atom. The highest BCUT2D eigenvalue weighted by Gasteiger charge is 2.13. The van der Waals surface area contributed by atoms with Crippen LogP contribution < -0.4 is 4.74 Å². The van der Waals surface area contributed by atoms with E-state index in [2.05, 4.69) is 6.07 Å². The van der Waals surface area contributed by atoms with Gasteiger partial charge in [-0.1, -0.05) is 6.92 Å². The lowest BCUT2D eigenvalue weighted by Gasteiger charge is -2.24. The quantitative estimate of drug-likeness (QED) is 0.792. The van der Waals surface area contributed by atoms with Crippen LogP contribution in [0.15, 0.2) is 24.3 Å². The number of hydrogen-bond donors (Lipinski definition) is 1. The SMILES string of the molecule is CCN(CC(C)C#N)CC(O)COc1ccc(F)cc1. The molecule has 1 N–H and O–H groups in total. The van der Waals surface area contributed by atoms with E-state index in [0.717, 1.165) is 6.54 Å². The molecule has 0 fully saturated rings. The molecule has 20 heavy (non-hydrogen) atoms. The third-order valence-electron chi connectivity index (χ3n) is 2.92. The fraction of sp³-hybridized carbons (Fsp3) is 0.533. The van der Waals surface area contributed by atoms with E-state index in [0.29, 0.717) is 18.8 Å². The van der Waals surface area contributed by atoms with Gasteiger partial charge in [0, 0.05) is 13.1 Å². The van der Waals surface area contributed by atoms with Gasteiger partial charge in [-0.2, -0.15) is 5.26 Å². The summed E-state index contributed by atoms with van der Waals surface area (Å²) in [5.41, 5.74) is 0. The van der Waals surface area contributed by atoms with Crippen LogP contribution >= 0.6 is 0 Å². The van der Waals surface area contributed by atoms with Gasteiger partial charge in [-0.05, 0) is 37.7 Å². The van der Waals surface area contributed by atoms with E-state index in [-0.39, 0.29) is 18.3 Å². The highest BCUT2D eigenvalue weighted by atomic mass is 19.1. The molecule has 0 radical (unpaired) electrons. The van der Waals surface area contributed by atoms with E-state index in [1.807, 2.05) is 18.7 Å². The molecule has 2 atom stereocenters. The van der Waals surface area contributed by atoms with E-state index in [1.165, 1.54) is 24.3 Å². The minimum Gasteiger partial charge on any atom is -0.491 e. The topological polar surface area (TPSA) is 56.5 Å². The van der Waals surface area contributed by atoms with Gasteiger partial charge >= 0.3 is 0 Å². The smallest absolute Gasteiger partial charge is 0.123 e. The van der Waals surface area contributed by atoms with E-state index >= 15 is 0 Å². The largest absolute Gasteiger partial charge is 0.491 e. The van der Waals surface area contributed by atoms with Crippen molar-refractivity contribution in [3.8, 4) is 11.8 Å². The molecule has 0 heterocycles. The number of nitriles is 1. The normalized spacial score (nSPS) is 13.8. The summed E-state index contributed by atoms with van der Waals surface area (Å²) < 4.78 is 18.1. The molecule has 0 amide bonds. The number of likely N-dealkylation sites (N-methyl/N-ethyl adjacent to an activating group) is 1. The Morgan fingerprint density at radius 2 is 2.00 bits per heavy atom. The van der Waals surface area contributed by atoms with Crippen LogP contribution in [0.1, 0.15) is 13.8 Å². The molecule has 5 heteroatoms. The summed E-state index contributed by atoms with van der Waals surface area (Å²) in [7, 11) is 0. The van der Waals surface area contributed by atoms with Crippen LogP contribution in [-0.4, -0.2) is 42.4 Å². The molecule has 0 saturated heterocycles. The molecule has 0 bridgehead atoms. The average molecular weight is 280 g/mol. The maximum atomic E-state index is 12.7. The first-order valence-corrected chi connectivity index (χ1v) is 6.73. The average Bonchev–Trinajstić information content (AvgIpc) is 2.45. The molecule has 1 aromatic carbocycles. The van der Waals surface area contributed by atoms with Crippen LogP contribution in [0.4, 0.5) is 4.39 Å². The van der Waals surface area contributed by atoms with Crippen LogP contribution in [0.5, 0.6) is 5.75 Å². The maximum absolute atomic E-state index is 12.7. The highest BCUT2D eigenvalue weighted by molar-refractivity contribution is 5.22. The molecule has 2 unspecified atom stereocenters. The van der Waals surface area contributed by atoms with Crippen molar-refractivity contribution < 1.29 is 14.2 Å². The Balaban J connectivity index is 2.36. The van der Waals surface area contributed by atoms with Gasteiger partial charge in [0.15, 0.2) is 0 Å². The van der Waals surface area contributed by atoms with Crippen LogP contribution in [0.25, 0.3) is 0 Å². The van der Waals surface area contributed by atoms with Gasteiger partial charge in [-0.15, -0.1) is 0 Å². The molecular weight excluding hydrogens is 259 g/mol. The van der Waals surface area contributed by atoms with E-state index in [4.69, 9.17) is 10.00 Å². The van der Waals surface area contributed by atoms with Crippen LogP contribution in [-0.2, 0) is 0 Å². The molecular formula is C15H21FN2O2. The van der Waals surface area contributed by atoms with Crippen molar-refractivity contribution in [2.75, 3.05) is 26.2 Å². The van der Waals surface area contributed by atoms with Crippen LogP contribution in [0.2, 0.25) is 0 Å². The fourth-order valence-electron chi connectivity index (χ4n) is 1.83. The predicted octanol–water partition coefficient (Wildman–Crippen LogP) is 2.05. The molecule has 0 saturated carbocycles. The molecule has 1 rings (SSSR count). The minimum absolute atomic E-state index is 0.0693. The summed E-state index contributed by atoms with van der Waals surface area (Å²) in [5.74, 6) is 0.139. The van der Waals surface area contributed by atoms with Crippen molar-refractivity contribution in [2.45, 2.75) is 20.0 Å². The molecule has 4 nitrogen and oxygen atoms in total. The second-order valence-corrected chi connectivity index (χ2v) is 4.80. The summed E-state index contributed by atoms with van der Waals surface area (Å²) in [6.45, 7) is 5.81. The van der Waals surface area contributed by atoms with E-state index < -0.39 is 6.10 Å². The summed E-state index contributed by atoms with van der Waals surface area (Å²) >= 11 is 0. The first-order chi connectivity index (χ1) is 9.55. The Bertz CT molecular complexity index is 430. The van der Waals surface area contributed by atoms with Gasteiger partial charge in [-0.25, -0.2) is 4.39 Å². The van der Waals surface area contributed by atoms with Crippen molar-refractivity contribution in [3.63, 3.8) is 0 Å². The number of hydrogen-bond acceptors (Lipinski definition) is 4. The predicted molar refractivity (Wildman–Crippen MR) is 74.8 cm³/mol.